The predicted octanol–water partition coefficient (Wildman–Crippen LogP) is 14.7. The summed E-state index contributed by atoms with van der Waals surface area (Å²) in [5.74, 6) is 0.482. The van der Waals surface area contributed by atoms with Crippen LogP contribution in [0.4, 0.5) is 0 Å². The smallest absolute Gasteiger partial charge is 0.164 e. The third kappa shape index (κ3) is 4.70. The summed E-state index contributed by atoms with van der Waals surface area (Å²) in [6.45, 7) is 0. The summed E-state index contributed by atoms with van der Waals surface area (Å²) in [5, 5.41) is 15.1. The SMILES string of the molecule is N#Cc1c(-c2ccccc2)nc(-c2ccc(-n3c4ccccc4c4c5c(ccc43)-c3ccccc3C53c4ccccc4-c4ccccc43)c3c2oc2ccccc23)nc1-c1ccccc1. The number of nitrogens with zero attached hydrogens (tertiary/aromatic N) is 4. The topological polar surface area (TPSA) is 67.6 Å². The van der Waals surface area contributed by atoms with Crippen molar-refractivity contribution in [1.29, 1.82) is 5.26 Å². The molecule has 3 aromatic heterocycles. The minimum Gasteiger partial charge on any atom is -0.455 e. The van der Waals surface area contributed by atoms with Gasteiger partial charge in [-0.25, -0.2) is 9.97 Å². The number of furan rings is 1. The zero-order valence-corrected chi connectivity index (χ0v) is 34.8. The van der Waals surface area contributed by atoms with E-state index in [1.807, 2.05) is 72.8 Å². The van der Waals surface area contributed by atoms with Gasteiger partial charge in [-0.05, 0) is 74.8 Å². The first-order valence-corrected chi connectivity index (χ1v) is 22.0. The normalized spacial score (nSPS) is 13.0. The summed E-state index contributed by atoms with van der Waals surface area (Å²) < 4.78 is 9.40. The summed E-state index contributed by atoms with van der Waals surface area (Å²) >= 11 is 0. The van der Waals surface area contributed by atoms with E-state index in [-0.39, 0.29) is 0 Å². The number of rotatable bonds is 4. The van der Waals surface area contributed by atoms with Crippen LogP contribution in [0.25, 0.3) is 106 Å². The molecule has 12 aromatic rings. The van der Waals surface area contributed by atoms with Gasteiger partial charge in [-0.1, -0.05) is 176 Å². The van der Waals surface area contributed by atoms with Crippen molar-refractivity contribution in [2.24, 2.45) is 0 Å². The van der Waals surface area contributed by atoms with Gasteiger partial charge in [0.05, 0.1) is 44.5 Å². The van der Waals surface area contributed by atoms with Crippen LogP contribution in [-0.2, 0) is 5.41 Å². The van der Waals surface area contributed by atoms with Crippen LogP contribution in [0, 0.1) is 11.3 Å². The van der Waals surface area contributed by atoms with Gasteiger partial charge in [0.25, 0.3) is 0 Å². The van der Waals surface area contributed by atoms with E-state index < -0.39 is 5.41 Å². The first kappa shape index (κ1) is 35.7. The van der Waals surface area contributed by atoms with Gasteiger partial charge in [-0.15, -0.1) is 0 Å². The molecule has 0 unspecified atom stereocenters. The predicted molar refractivity (Wildman–Crippen MR) is 261 cm³/mol. The van der Waals surface area contributed by atoms with Crippen molar-refractivity contribution in [2.75, 3.05) is 0 Å². The van der Waals surface area contributed by atoms with Gasteiger partial charge in [0.1, 0.15) is 22.8 Å². The Balaban J connectivity index is 1.09. The minimum atomic E-state index is -0.519. The maximum absolute atomic E-state index is 10.7. The molecule has 14 rings (SSSR count). The van der Waals surface area contributed by atoms with Crippen molar-refractivity contribution < 1.29 is 4.42 Å². The van der Waals surface area contributed by atoms with Crippen molar-refractivity contribution in [1.82, 2.24) is 14.5 Å². The van der Waals surface area contributed by atoms with Crippen LogP contribution in [-0.4, -0.2) is 14.5 Å². The first-order valence-electron chi connectivity index (χ1n) is 22.0. The molecule has 0 saturated heterocycles. The molecule has 0 saturated carbocycles. The van der Waals surface area contributed by atoms with E-state index in [0.717, 1.165) is 49.8 Å². The van der Waals surface area contributed by atoms with Gasteiger partial charge in [0, 0.05) is 27.3 Å². The van der Waals surface area contributed by atoms with Crippen LogP contribution in [0.3, 0.4) is 0 Å². The molecule has 0 fully saturated rings. The van der Waals surface area contributed by atoms with Crippen molar-refractivity contribution in [2.45, 2.75) is 5.41 Å². The maximum atomic E-state index is 10.7. The molecule has 0 radical (unpaired) electrons. The molecule has 1 spiro atoms. The van der Waals surface area contributed by atoms with Crippen molar-refractivity contribution in [3.63, 3.8) is 0 Å². The number of para-hydroxylation sites is 2. The molecular formula is C60H34N4O. The first-order chi connectivity index (χ1) is 32.2. The molecule has 0 bridgehead atoms. The van der Waals surface area contributed by atoms with E-state index in [1.54, 1.807) is 0 Å². The minimum absolute atomic E-state index is 0.425. The summed E-state index contributed by atoms with van der Waals surface area (Å²) in [4.78, 5) is 10.4. The Morgan fingerprint density at radius 1 is 0.446 bits per heavy atom. The second-order valence-electron chi connectivity index (χ2n) is 17.0. The lowest BCUT2D eigenvalue weighted by atomic mass is 9.69. The highest BCUT2D eigenvalue weighted by atomic mass is 16.3. The van der Waals surface area contributed by atoms with Crippen LogP contribution >= 0.6 is 0 Å². The highest BCUT2D eigenvalue weighted by Crippen LogP contribution is 2.64. The number of benzene rings is 9. The fraction of sp³-hybridized carbons (Fsp3) is 0.0167. The molecule has 9 aromatic carbocycles. The molecular weight excluding hydrogens is 793 g/mol. The number of fused-ring (bicyclic) bond motifs is 17. The second kappa shape index (κ2) is 13.3. The Hall–Kier alpha value is -8.85. The Bertz CT molecular complexity index is 3900. The van der Waals surface area contributed by atoms with Crippen molar-refractivity contribution in [3.8, 4) is 67.9 Å². The zero-order valence-electron chi connectivity index (χ0n) is 34.8. The molecule has 5 heteroatoms. The molecule has 0 N–H and O–H groups in total. The summed E-state index contributed by atoms with van der Waals surface area (Å²) in [6.07, 6.45) is 0. The third-order valence-corrected chi connectivity index (χ3v) is 13.9. The fourth-order valence-corrected chi connectivity index (χ4v) is 11.4. The highest BCUT2D eigenvalue weighted by molar-refractivity contribution is 6.19. The lowest BCUT2D eigenvalue weighted by Gasteiger charge is -2.31. The summed E-state index contributed by atoms with van der Waals surface area (Å²) in [7, 11) is 0. The van der Waals surface area contributed by atoms with Gasteiger partial charge >= 0.3 is 0 Å². The quantitative estimate of drug-likeness (QED) is 0.177. The molecule has 2 aliphatic carbocycles. The molecule has 5 nitrogen and oxygen atoms in total. The van der Waals surface area contributed by atoms with Crippen LogP contribution in [0.5, 0.6) is 0 Å². The molecule has 2 aliphatic rings. The fourth-order valence-electron chi connectivity index (χ4n) is 11.4. The van der Waals surface area contributed by atoms with Gasteiger partial charge in [-0.3, -0.25) is 0 Å². The maximum Gasteiger partial charge on any atom is 0.164 e. The van der Waals surface area contributed by atoms with Crippen molar-refractivity contribution >= 4 is 43.7 Å². The largest absolute Gasteiger partial charge is 0.455 e. The zero-order chi connectivity index (χ0) is 42.8. The van der Waals surface area contributed by atoms with Crippen LogP contribution < -0.4 is 0 Å². The number of nitriles is 1. The third-order valence-electron chi connectivity index (χ3n) is 13.9. The number of aromatic nitrogens is 3. The Morgan fingerprint density at radius 3 is 1.60 bits per heavy atom. The molecule has 0 atom stereocenters. The molecule has 0 amide bonds. The molecule has 65 heavy (non-hydrogen) atoms. The lowest BCUT2D eigenvalue weighted by molar-refractivity contribution is 0.669. The van der Waals surface area contributed by atoms with Gasteiger partial charge in [0.2, 0.25) is 0 Å². The van der Waals surface area contributed by atoms with Crippen molar-refractivity contribution in [3.05, 3.63) is 234 Å². The molecule has 3 heterocycles. The highest BCUT2D eigenvalue weighted by Gasteiger charge is 2.52. The van der Waals surface area contributed by atoms with Crippen LogP contribution in [0.2, 0.25) is 0 Å². The van der Waals surface area contributed by atoms with Gasteiger partial charge in [-0.2, -0.15) is 5.26 Å². The number of hydrogen-bond donors (Lipinski definition) is 0. The van der Waals surface area contributed by atoms with E-state index in [1.165, 1.54) is 55.3 Å². The van der Waals surface area contributed by atoms with Crippen LogP contribution in [0.15, 0.2) is 211 Å². The monoisotopic (exact) mass is 826 g/mol. The van der Waals surface area contributed by atoms with Gasteiger partial charge < -0.3 is 8.98 Å². The van der Waals surface area contributed by atoms with E-state index in [9.17, 15) is 5.26 Å². The number of hydrogen-bond acceptors (Lipinski definition) is 4. The second-order valence-corrected chi connectivity index (χ2v) is 17.0. The Kier molecular flexibility index (Phi) is 7.32. The molecule has 0 aliphatic heterocycles. The lowest BCUT2D eigenvalue weighted by Crippen LogP contribution is -2.26. The average Bonchev–Trinajstić information content (AvgIpc) is 4.10. The Labute approximate surface area is 373 Å². The van der Waals surface area contributed by atoms with E-state index in [2.05, 4.69) is 144 Å². The standard InChI is InChI=1S/C60H34N4O/c61-35-45-56(36-17-3-1-4-18-36)62-59(63-57(45)37-19-5-2-6-20-37)44-32-34-51(54-43-25-11-16-30-52(43)65-58(44)54)64-49-29-15-10-24-42(49)53-50(64)33-31-41-40-23-9-14-28-48(40)60(55(41)53)46-26-12-7-21-38(46)39-22-8-13-27-47(39)60/h1-34H. The summed E-state index contributed by atoms with van der Waals surface area (Å²) in [6, 6.07) is 75.3. The average molecular weight is 827 g/mol. The molecule has 300 valence electrons. The van der Waals surface area contributed by atoms with E-state index >= 15 is 0 Å². The van der Waals surface area contributed by atoms with E-state index in [4.69, 9.17) is 14.4 Å². The van der Waals surface area contributed by atoms with E-state index in [0.29, 0.717) is 28.4 Å². The Morgan fingerprint density at radius 2 is 0.969 bits per heavy atom. The summed E-state index contributed by atoms with van der Waals surface area (Å²) in [5.41, 5.74) is 18.5. The van der Waals surface area contributed by atoms with Gasteiger partial charge in [0.15, 0.2) is 5.82 Å². The van der Waals surface area contributed by atoms with Crippen LogP contribution in [0.1, 0.15) is 27.8 Å².